The molecule has 0 bridgehead atoms. The van der Waals surface area contributed by atoms with E-state index in [1.54, 1.807) is 12.1 Å². The SMILES string of the molecule is CC(C)(C)NCc1ccc(F)c(OC(F)(F)F)c1.NC(=O)c1ccncc1. The molecule has 1 aromatic heterocycles. The molecule has 0 saturated heterocycles. The Bertz CT molecular complexity index is 745. The average Bonchev–Trinajstić information content (AvgIpc) is 2.55. The second-order valence-corrected chi connectivity index (χ2v) is 6.52. The lowest BCUT2D eigenvalue weighted by molar-refractivity contribution is -0.275. The quantitative estimate of drug-likeness (QED) is 0.783. The molecule has 1 heterocycles. The third-order valence-electron chi connectivity index (χ3n) is 3.01. The minimum absolute atomic E-state index is 0.181. The standard InChI is InChI=1S/C12H15F4NO.C6H6N2O/c1-11(2,3)17-7-8-4-5-9(13)10(6-8)18-12(14,15)16;7-6(9)5-1-3-8-4-2-5/h4-6,17H,7H2,1-3H3;1-4H,(H2,7,9). The Hall–Kier alpha value is -2.68. The molecule has 0 fully saturated rings. The number of benzene rings is 1. The van der Waals surface area contributed by atoms with Crippen LogP contribution in [0.4, 0.5) is 17.6 Å². The smallest absolute Gasteiger partial charge is 0.403 e. The van der Waals surface area contributed by atoms with Crippen molar-refractivity contribution in [3.05, 3.63) is 59.7 Å². The van der Waals surface area contributed by atoms with Crippen LogP contribution in [-0.4, -0.2) is 22.8 Å². The molecule has 5 nitrogen and oxygen atoms in total. The second kappa shape index (κ2) is 9.31. The number of aromatic nitrogens is 1. The van der Waals surface area contributed by atoms with Gasteiger partial charge in [-0.15, -0.1) is 13.2 Å². The van der Waals surface area contributed by atoms with Crippen molar-refractivity contribution in [3.8, 4) is 5.75 Å². The van der Waals surface area contributed by atoms with Crippen LogP contribution >= 0.6 is 0 Å². The summed E-state index contributed by atoms with van der Waals surface area (Å²) in [6.07, 6.45) is -1.84. The number of nitrogens with one attached hydrogen (secondary N) is 1. The van der Waals surface area contributed by atoms with Crippen molar-refractivity contribution in [3.63, 3.8) is 0 Å². The van der Waals surface area contributed by atoms with Gasteiger partial charge in [-0.05, 0) is 50.6 Å². The van der Waals surface area contributed by atoms with E-state index < -0.39 is 23.8 Å². The highest BCUT2D eigenvalue weighted by Gasteiger charge is 2.32. The molecule has 1 aromatic carbocycles. The molecule has 0 atom stereocenters. The number of rotatable bonds is 4. The molecule has 148 valence electrons. The van der Waals surface area contributed by atoms with Gasteiger partial charge in [-0.25, -0.2) is 4.39 Å². The third kappa shape index (κ3) is 9.55. The summed E-state index contributed by atoms with van der Waals surface area (Å²) in [4.78, 5) is 14.1. The molecule has 0 saturated carbocycles. The number of pyridine rings is 1. The number of hydrogen-bond acceptors (Lipinski definition) is 4. The molecule has 2 rings (SSSR count). The summed E-state index contributed by atoms with van der Waals surface area (Å²) < 4.78 is 52.8. The van der Waals surface area contributed by atoms with E-state index in [2.05, 4.69) is 15.0 Å². The number of nitrogens with two attached hydrogens (primary N) is 1. The van der Waals surface area contributed by atoms with Gasteiger partial charge < -0.3 is 15.8 Å². The molecule has 2 aromatic rings. The predicted octanol–water partition coefficient (Wildman–Crippen LogP) is 3.79. The summed E-state index contributed by atoms with van der Waals surface area (Å²) in [5, 5.41) is 3.09. The molecule has 0 unspecified atom stereocenters. The summed E-state index contributed by atoms with van der Waals surface area (Å²) >= 11 is 0. The minimum Gasteiger partial charge on any atom is -0.403 e. The number of nitrogens with zero attached hydrogens (tertiary/aromatic N) is 1. The van der Waals surface area contributed by atoms with Gasteiger partial charge in [0.05, 0.1) is 0 Å². The van der Waals surface area contributed by atoms with Gasteiger partial charge in [0.25, 0.3) is 0 Å². The maximum absolute atomic E-state index is 13.1. The Morgan fingerprint density at radius 3 is 2.19 bits per heavy atom. The highest BCUT2D eigenvalue weighted by Crippen LogP contribution is 2.26. The fourth-order valence-electron chi connectivity index (χ4n) is 1.74. The van der Waals surface area contributed by atoms with Crippen molar-refractivity contribution in [2.45, 2.75) is 39.2 Å². The molecule has 3 N–H and O–H groups in total. The van der Waals surface area contributed by atoms with E-state index in [1.807, 2.05) is 20.8 Å². The first kappa shape index (κ1) is 22.4. The highest BCUT2D eigenvalue weighted by molar-refractivity contribution is 5.92. The largest absolute Gasteiger partial charge is 0.573 e. The van der Waals surface area contributed by atoms with Gasteiger partial charge in [-0.2, -0.15) is 0 Å². The van der Waals surface area contributed by atoms with E-state index in [1.165, 1.54) is 18.5 Å². The van der Waals surface area contributed by atoms with E-state index in [0.717, 1.165) is 12.1 Å². The van der Waals surface area contributed by atoms with Crippen LogP contribution in [0.25, 0.3) is 0 Å². The van der Waals surface area contributed by atoms with Crippen LogP contribution in [0.5, 0.6) is 5.75 Å². The van der Waals surface area contributed by atoms with Gasteiger partial charge in [0.2, 0.25) is 5.91 Å². The number of ether oxygens (including phenoxy) is 1. The van der Waals surface area contributed by atoms with Crippen LogP contribution in [0.1, 0.15) is 36.7 Å². The molecule has 0 aliphatic rings. The summed E-state index contributed by atoms with van der Waals surface area (Å²) in [6, 6.07) is 6.56. The first-order valence-electron chi connectivity index (χ1n) is 7.86. The highest BCUT2D eigenvalue weighted by atomic mass is 19.4. The lowest BCUT2D eigenvalue weighted by atomic mass is 10.1. The molecular formula is C18H21F4N3O2. The van der Waals surface area contributed by atoms with Crippen molar-refractivity contribution in [1.82, 2.24) is 10.3 Å². The first-order valence-corrected chi connectivity index (χ1v) is 7.86. The minimum atomic E-state index is -4.89. The normalized spacial score (nSPS) is 11.4. The average molecular weight is 387 g/mol. The Balaban J connectivity index is 0.000000337. The van der Waals surface area contributed by atoms with Gasteiger partial charge in [-0.1, -0.05) is 6.07 Å². The fourth-order valence-corrected chi connectivity index (χ4v) is 1.74. The maximum Gasteiger partial charge on any atom is 0.573 e. The fraction of sp³-hybridized carbons (Fsp3) is 0.333. The maximum atomic E-state index is 13.1. The molecule has 0 aliphatic carbocycles. The third-order valence-corrected chi connectivity index (χ3v) is 3.01. The van der Waals surface area contributed by atoms with Crippen LogP contribution in [0.3, 0.4) is 0 Å². The Morgan fingerprint density at radius 1 is 1.15 bits per heavy atom. The van der Waals surface area contributed by atoms with Crippen molar-refractivity contribution >= 4 is 5.91 Å². The summed E-state index contributed by atoms with van der Waals surface area (Å²) in [6.45, 7) is 6.09. The molecule has 0 spiro atoms. The Morgan fingerprint density at radius 2 is 1.74 bits per heavy atom. The number of halogens is 4. The van der Waals surface area contributed by atoms with E-state index in [9.17, 15) is 22.4 Å². The monoisotopic (exact) mass is 387 g/mol. The number of hydrogen-bond donors (Lipinski definition) is 2. The predicted molar refractivity (Wildman–Crippen MR) is 92.4 cm³/mol. The molecule has 0 aliphatic heterocycles. The van der Waals surface area contributed by atoms with Crippen LogP contribution in [-0.2, 0) is 6.54 Å². The molecule has 1 amide bonds. The second-order valence-electron chi connectivity index (χ2n) is 6.52. The number of primary amides is 1. The molecule has 0 radical (unpaired) electrons. The Kier molecular flexibility index (Phi) is 7.71. The molecular weight excluding hydrogens is 366 g/mol. The van der Waals surface area contributed by atoms with Crippen molar-refractivity contribution in [1.29, 1.82) is 0 Å². The molecule has 9 heteroatoms. The van der Waals surface area contributed by atoms with Gasteiger partial charge in [-0.3, -0.25) is 9.78 Å². The van der Waals surface area contributed by atoms with Crippen molar-refractivity contribution < 1.29 is 27.1 Å². The summed E-state index contributed by atoms with van der Waals surface area (Å²) in [5.74, 6) is -2.26. The van der Waals surface area contributed by atoms with Crippen molar-refractivity contribution in [2.75, 3.05) is 0 Å². The summed E-state index contributed by atoms with van der Waals surface area (Å²) in [7, 11) is 0. The van der Waals surface area contributed by atoms with Crippen LogP contribution < -0.4 is 15.8 Å². The van der Waals surface area contributed by atoms with E-state index >= 15 is 0 Å². The van der Waals surface area contributed by atoms with Gasteiger partial charge >= 0.3 is 6.36 Å². The topological polar surface area (TPSA) is 77.2 Å². The van der Waals surface area contributed by atoms with E-state index in [-0.39, 0.29) is 5.54 Å². The zero-order chi connectivity index (χ0) is 20.7. The van der Waals surface area contributed by atoms with Gasteiger partial charge in [0, 0.05) is 30.0 Å². The van der Waals surface area contributed by atoms with Gasteiger partial charge in [0.15, 0.2) is 11.6 Å². The number of amides is 1. The lowest BCUT2D eigenvalue weighted by Gasteiger charge is -2.20. The van der Waals surface area contributed by atoms with E-state index in [4.69, 9.17) is 5.73 Å². The molecule has 27 heavy (non-hydrogen) atoms. The number of carbonyl (C=O) groups excluding carboxylic acids is 1. The summed E-state index contributed by atoms with van der Waals surface area (Å²) in [5.41, 5.74) is 5.78. The lowest BCUT2D eigenvalue weighted by Crippen LogP contribution is -2.35. The van der Waals surface area contributed by atoms with E-state index in [0.29, 0.717) is 17.7 Å². The van der Waals surface area contributed by atoms with Crippen molar-refractivity contribution in [2.24, 2.45) is 5.73 Å². The first-order chi connectivity index (χ1) is 12.4. The van der Waals surface area contributed by atoms with Gasteiger partial charge in [0.1, 0.15) is 0 Å². The van der Waals surface area contributed by atoms with Crippen LogP contribution in [0, 0.1) is 5.82 Å². The number of carbonyl (C=O) groups is 1. The van der Waals surface area contributed by atoms with Crippen LogP contribution in [0.2, 0.25) is 0 Å². The Labute approximate surface area is 154 Å². The number of alkyl halides is 3. The van der Waals surface area contributed by atoms with Crippen LogP contribution in [0.15, 0.2) is 42.7 Å². The zero-order valence-electron chi connectivity index (χ0n) is 15.1. The zero-order valence-corrected chi connectivity index (χ0v) is 15.1.